The number of ether oxygens (including phenoxy) is 3. The number of nitrogens with one attached hydrogen (secondary N) is 1. The van der Waals surface area contributed by atoms with Crippen molar-refractivity contribution in [1.29, 1.82) is 0 Å². The van der Waals surface area contributed by atoms with Gasteiger partial charge in [0.05, 0.1) is 35.6 Å². The van der Waals surface area contributed by atoms with Crippen molar-refractivity contribution in [3.63, 3.8) is 0 Å². The van der Waals surface area contributed by atoms with Gasteiger partial charge in [-0.2, -0.15) is 0 Å². The van der Waals surface area contributed by atoms with Gasteiger partial charge in [-0.15, -0.1) is 6.42 Å². The average Bonchev–Trinajstić information content (AvgIpc) is 3.30. The second-order valence-electron chi connectivity index (χ2n) is 9.31. The van der Waals surface area contributed by atoms with Gasteiger partial charge in [-0.05, 0) is 67.4 Å². The minimum atomic E-state index is -0.697. The van der Waals surface area contributed by atoms with E-state index in [-0.39, 0.29) is 18.1 Å². The van der Waals surface area contributed by atoms with Crippen molar-refractivity contribution >= 4 is 29.0 Å². The fourth-order valence-electron chi connectivity index (χ4n) is 4.72. The molecule has 0 radical (unpaired) electrons. The Morgan fingerprint density at radius 2 is 1.86 bits per heavy atom. The molecular formula is C33H29N3O5S. The Morgan fingerprint density at radius 3 is 2.55 bits per heavy atom. The van der Waals surface area contributed by atoms with Crippen LogP contribution < -0.4 is 34.4 Å². The number of carbonyl (C=O) groups excluding carboxylic acids is 1. The lowest BCUT2D eigenvalue weighted by molar-refractivity contribution is -0.113. The number of hydrogen-bond donors (Lipinski definition) is 1. The topological polar surface area (TPSA) is 91.2 Å². The summed E-state index contributed by atoms with van der Waals surface area (Å²) in [5.41, 5.74) is 2.80. The van der Waals surface area contributed by atoms with E-state index in [1.54, 1.807) is 29.7 Å². The van der Waals surface area contributed by atoms with E-state index in [0.717, 1.165) is 11.1 Å². The van der Waals surface area contributed by atoms with Gasteiger partial charge in [0.15, 0.2) is 16.3 Å². The monoisotopic (exact) mass is 579 g/mol. The first-order valence-corrected chi connectivity index (χ1v) is 14.1. The minimum absolute atomic E-state index is 0.111. The number of allylic oxidation sites excluding steroid dienone is 1. The molecule has 2 heterocycles. The largest absolute Gasteiger partial charge is 0.494 e. The van der Waals surface area contributed by atoms with Crippen molar-refractivity contribution < 1.29 is 19.0 Å². The van der Waals surface area contributed by atoms with Crippen LogP contribution in [0.2, 0.25) is 0 Å². The first kappa shape index (κ1) is 28.5. The quantitative estimate of drug-likeness (QED) is 0.299. The molecule has 4 aromatic rings. The van der Waals surface area contributed by atoms with Crippen molar-refractivity contribution in [3.8, 4) is 29.6 Å². The van der Waals surface area contributed by atoms with Crippen LogP contribution in [0.1, 0.15) is 31.0 Å². The summed E-state index contributed by atoms with van der Waals surface area (Å²) in [5, 5.41) is 2.96. The lowest BCUT2D eigenvalue weighted by Gasteiger charge is -2.25. The van der Waals surface area contributed by atoms with Gasteiger partial charge in [-0.1, -0.05) is 53.7 Å². The Morgan fingerprint density at radius 1 is 1.10 bits per heavy atom. The Kier molecular flexibility index (Phi) is 8.55. The fourth-order valence-corrected chi connectivity index (χ4v) is 5.77. The molecule has 0 aliphatic carbocycles. The van der Waals surface area contributed by atoms with Crippen LogP contribution in [0.3, 0.4) is 0 Å². The SMILES string of the molecule is C#CCOc1ccc(/C=c2\sc3n(c2=O)[C@H](c2ccc(OCC)cc2)C(C(=O)Nc2ccccc2)=C(C)N=3)cc1OC. The molecule has 9 heteroatoms. The van der Waals surface area contributed by atoms with Crippen LogP contribution in [0.25, 0.3) is 6.08 Å². The second-order valence-corrected chi connectivity index (χ2v) is 10.3. The maximum Gasteiger partial charge on any atom is 0.271 e. The highest BCUT2D eigenvalue weighted by molar-refractivity contribution is 7.07. The van der Waals surface area contributed by atoms with E-state index in [2.05, 4.69) is 11.2 Å². The standard InChI is InChI=1S/C33H29N3O5S/c1-5-18-41-26-17-12-22(19-27(26)39-4)20-28-32(38)36-30(23-13-15-25(16-14-23)40-6-2)29(21(3)34-33(36)42-28)31(37)35-24-10-8-7-9-11-24/h1,7-17,19-20,30H,6,18H2,2-4H3,(H,35,37)/b28-20-/t30-/m1/s1. The zero-order valence-electron chi connectivity index (χ0n) is 23.4. The fraction of sp³-hybridized carbons (Fsp3) is 0.182. The van der Waals surface area contributed by atoms with Gasteiger partial charge in [-0.3, -0.25) is 14.2 Å². The highest BCUT2D eigenvalue weighted by Gasteiger charge is 2.32. The Hall–Kier alpha value is -5.07. The van der Waals surface area contributed by atoms with E-state index in [1.165, 1.54) is 18.4 Å². The summed E-state index contributed by atoms with van der Waals surface area (Å²) in [6.45, 7) is 4.34. The van der Waals surface area contributed by atoms with Crippen molar-refractivity contribution in [2.24, 2.45) is 4.99 Å². The highest BCUT2D eigenvalue weighted by atomic mass is 32.1. The molecule has 5 rings (SSSR count). The number of thiazole rings is 1. The zero-order valence-corrected chi connectivity index (χ0v) is 24.2. The van der Waals surface area contributed by atoms with Gasteiger partial charge >= 0.3 is 0 Å². The lowest BCUT2D eigenvalue weighted by Crippen LogP contribution is -2.40. The third-order valence-corrected chi connectivity index (χ3v) is 7.58. The molecule has 0 spiro atoms. The van der Waals surface area contributed by atoms with Crippen LogP contribution in [0.15, 0.2) is 93.9 Å². The Labute approximate surface area is 247 Å². The minimum Gasteiger partial charge on any atom is -0.494 e. The number of amides is 1. The molecule has 0 unspecified atom stereocenters. The predicted octanol–water partition coefficient (Wildman–Crippen LogP) is 4.29. The first-order valence-electron chi connectivity index (χ1n) is 13.3. The molecule has 1 aliphatic heterocycles. The predicted molar refractivity (Wildman–Crippen MR) is 164 cm³/mol. The third-order valence-electron chi connectivity index (χ3n) is 6.60. The van der Waals surface area contributed by atoms with E-state index in [4.69, 9.17) is 25.6 Å². The first-order chi connectivity index (χ1) is 20.4. The van der Waals surface area contributed by atoms with E-state index < -0.39 is 6.04 Å². The van der Waals surface area contributed by atoms with Crippen LogP contribution in [0.5, 0.6) is 17.2 Å². The number of methoxy groups -OCH3 is 1. The number of hydrogen-bond acceptors (Lipinski definition) is 7. The molecule has 42 heavy (non-hydrogen) atoms. The van der Waals surface area contributed by atoms with Gasteiger partial charge in [0.25, 0.3) is 11.5 Å². The van der Waals surface area contributed by atoms with Crippen LogP contribution in [-0.4, -0.2) is 30.8 Å². The van der Waals surface area contributed by atoms with E-state index in [0.29, 0.717) is 50.1 Å². The van der Waals surface area contributed by atoms with Crippen molar-refractivity contribution in [1.82, 2.24) is 4.57 Å². The summed E-state index contributed by atoms with van der Waals surface area (Å²) in [6.07, 6.45) is 7.09. The van der Waals surface area contributed by atoms with Crippen LogP contribution in [0, 0.1) is 12.3 Å². The molecule has 0 fully saturated rings. The number of anilines is 1. The molecule has 1 amide bonds. The molecule has 8 nitrogen and oxygen atoms in total. The molecule has 3 aromatic carbocycles. The lowest BCUT2D eigenvalue weighted by atomic mass is 9.95. The molecule has 0 bridgehead atoms. The van der Waals surface area contributed by atoms with E-state index in [9.17, 15) is 9.59 Å². The number of rotatable bonds is 9. The number of para-hydroxylation sites is 1. The van der Waals surface area contributed by atoms with Gasteiger partial charge < -0.3 is 19.5 Å². The van der Waals surface area contributed by atoms with Crippen molar-refractivity contribution in [2.75, 3.05) is 25.6 Å². The molecule has 212 valence electrons. The van der Waals surface area contributed by atoms with Crippen molar-refractivity contribution in [2.45, 2.75) is 19.9 Å². The van der Waals surface area contributed by atoms with E-state index in [1.807, 2.05) is 67.6 Å². The number of aromatic nitrogens is 1. The molecule has 0 saturated carbocycles. The maximum atomic E-state index is 14.0. The molecule has 1 N–H and O–H groups in total. The van der Waals surface area contributed by atoms with Crippen LogP contribution in [0.4, 0.5) is 5.69 Å². The van der Waals surface area contributed by atoms with Crippen molar-refractivity contribution in [3.05, 3.63) is 115 Å². The van der Waals surface area contributed by atoms with E-state index >= 15 is 0 Å². The molecule has 1 aromatic heterocycles. The highest BCUT2D eigenvalue weighted by Crippen LogP contribution is 2.32. The van der Waals surface area contributed by atoms with Gasteiger partial charge in [0, 0.05) is 5.69 Å². The summed E-state index contributed by atoms with van der Waals surface area (Å²) >= 11 is 1.26. The number of fused-ring (bicyclic) bond motifs is 1. The number of benzene rings is 3. The normalized spacial score (nSPS) is 14.4. The summed E-state index contributed by atoms with van der Waals surface area (Å²) in [4.78, 5) is 32.9. The van der Waals surface area contributed by atoms with Gasteiger partial charge in [0.1, 0.15) is 12.4 Å². The van der Waals surface area contributed by atoms with Gasteiger partial charge in [0.2, 0.25) is 0 Å². The number of terminal acetylenes is 1. The summed E-state index contributed by atoms with van der Waals surface area (Å²) in [7, 11) is 1.54. The zero-order chi connectivity index (χ0) is 29.6. The maximum absolute atomic E-state index is 14.0. The van der Waals surface area contributed by atoms with Crippen LogP contribution >= 0.6 is 11.3 Å². The Bertz CT molecular complexity index is 1870. The average molecular weight is 580 g/mol. The molecule has 1 atom stereocenters. The number of carbonyl (C=O) groups is 1. The molecule has 1 aliphatic rings. The molecule has 0 saturated heterocycles. The number of nitrogens with zero attached hydrogens (tertiary/aromatic N) is 2. The van der Waals surface area contributed by atoms with Gasteiger partial charge in [-0.25, -0.2) is 4.99 Å². The summed E-state index contributed by atoms with van der Waals surface area (Å²) < 4.78 is 18.7. The molecular weight excluding hydrogens is 550 g/mol. The van der Waals surface area contributed by atoms with Crippen LogP contribution in [-0.2, 0) is 4.79 Å². The summed E-state index contributed by atoms with van der Waals surface area (Å²) in [5.74, 6) is 3.81. The summed E-state index contributed by atoms with van der Waals surface area (Å²) in [6, 6.07) is 21.3. The Balaban J connectivity index is 1.62. The third kappa shape index (κ3) is 5.85. The smallest absolute Gasteiger partial charge is 0.271 e. The second kappa shape index (κ2) is 12.6.